The normalized spacial score (nSPS) is 14.2. The van der Waals surface area contributed by atoms with Gasteiger partial charge in [0, 0.05) is 18.7 Å². The van der Waals surface area contributed by atoms with Crippen LogP contribution in [0.4, 0.5) is 0 Å². The second-order valence-electron chi connectivity index (χ2n) is 10.7. The summed E-state index contributed by atoms with van der Waals surface area (Å²) >= 11 is 1.52. The van der Waals surface area contributed by atoms with Gasteiger partial charge < -0.3 is 20.1 Å². The molecule has 0 aromatic heterocycles. The Kier molecular flexibility index (Phi) is 14.9. The summed E-state index contributed by atoms with van der Waals surface area (Å²) in [5.41, 5.74) is 3.82. The molecule has 1 atom stereocenters. The molecule has 0 aliphatic heterocycles. The molecule has 1 saturated carbocycles. The first kappa shape index (κ1) is 34.0. The van der Waals surface area contributed by atoms with Gasteiger partial charge in [0.1, 0.15) is 0 Å². The van der Waals surface area contributed by atoms with Crippen molar-refractivity contribution in [3.8, 4) is 11.1 Å². The molecular weight excluding hydrogens is 515 g/mol. The van der Waals surface area contributed by atoms with E-state index in [1.807, 2.05) is 54.5 Å². The molecule has 0 bridgehead atoms. The van der Waals surface area contributed by atoms with Crippen LogP contribution in [0.25, 0.3) is 11.1 Å². The van der Waals surface area contributed by atoms with Crippen LogP contribution >= 0.6 is 11.8 Å². The van der Waals surface area contributed by atoms with Crippen molar-refractivity contribution in [3.63, 3.8) is 0 Å². The third-order valence-corrected chi connectivity index (χ3v) is 8.30. The first-order valence-corrected chi connectivity index (χ1v) is 15.7. The maximum absolute atomic E-state index is 13.5. The Balaban J connectivity index is 0.00000560. The number of unbranched alkanes of at least 4 members (excludes halogenated alkanes) is 1. The van der Waals surface area contributed by atoms with Gasteiger partial charge in [0.2, 0.25) is 5.91 Å². The maximum Gasteiger partial charge on any atom is 1.00 e. The summed E-state index contributed by atoms with van der Waals surface area (Å²) in [5.74, 6) is -0.447. The fourth-order valence-electron chi connectivity index (χ4n) is 5.35. The number of hydrogen-bond acceptors (Lipinski definition) is 5. The molecule has 0 spiro atoms. The van der Waals surface area contributed by atoms with Crippen LogP contribution in [0.3, 0.4) is 0 Å². The maximum atomic E-state index is 13.5. The van der Waals surface area contributed by atoms with Gasteiger partial charge >= 0.3 is 18.9 Å². The van der Waals surface area contributed by atoms with E-state index in [4.69, 9.17) is 0 Å². The Bertz CT molecular complexity index is 1120. The average molecular weight is 559 g/mol. The minimum atomic E-state index is -1.29. The second-order valence-corrected chi connectivity index (χ2v) is 11.7. The number of carboxylic acid groups (broad SMARTS) is 1. The molecule has 3 rings (SSSR count). The standard InChI is InChI=1S/C32H44N2O4S.Li/c1-4-5-18-34(22-24-12-7-6-8-13-24)30(35)21-25-15-16-27(28(20-25)26-14-10-9-11-23(26)2)31(36)33-29(32(37)38)17-19-39-3;/h9-11,14-16,20,24,29H,4-8,12-13,17-19,21-22H2,1-3H3,(H,33,36)(H,37,38);/q;+1/p-1/t29-;/m0./s1. The van der Waals surface area contributed by atoms with Gasteiger partial charge in [-0.2, -0.15) is 11.8 Å². The molecule has 1 N–H and O–H groups in total. The van der Waals surface area contributed by atoms with Crippen LogP contribution in [0.1, 0.15) is 79.8 Å². The quantitative estimate of drug-likeness (QED) is 0.359. The summed E-state index contributed by atoms with van der Waals surface area (Å²) in [6.45, 7) is 5.73. The van der Waals surface area contributed by atoms with Gasteiger partial charge in [-0.15, -0.1) is 0 Å². The number of rotatable bonds is 14. The van der Waals surface area contributed by atoms with Gasteiger partial charge in [0.05, 0.1) is 18.4 Å². The molecule has 40 heavy (non-hydrogen) atoms. The van der Waals surface area contributed by atoms with E-state index in [-0.39, 0.29) is 37.6 Å². The summed E-state index contributed by atoms with van der Waals surface area (Å²) in [7, 11) is 0. The van der Waals surface area contributed by atoms with Crippen molar-refractivity contribution in [2.75, 3.05) is 25.1 Å². The number of amides is 2. The molecule has 2 aromatic carbocycles. The van der Waals surface area contributed by atoms with Crippen molar-refractivity contribution >= 4 is 29.5 Å². The van der Waals surface area contributed by atoms with E-state index in [0.29, 0.717) is 22.8 Å². The van der Waals surface area contributed by atoms with Gasteiger partial charge in [-0.3, -0.25) is 9.59 Å². The number of carboxylic acids is 1. The van der Waals surface area contributed by atoms with Gasteiger partial charge in [-0.25, -0.2) is 0 Å². The van der Waals surface area contributed by atoms with Crippen LogP contribution in [0.2, 0.25) is 0 Å². The number of aryl methyl sites for hydroxylation is 1. The first-order valence-electron chi connectivity index (χ1n) is 14.3. The molecule has 0 saturated heterocycles. The zero-order valence-corrected chi connectivity index (χ0v) is 25.5. The number of aliphatic carboxylic acids is 1. The Morgan fingerprint density at radius 1 is 1.07 bits per heavy atom. The van der Waals surface area contributed by atoms with E-state index in [2.05, 4.69) is 12.2 Å². The molecule has 1 fully saturated rings. The summed E-state index contributed by atoms with van der Waals surface area (Å²) < 4.78 is 0. The third-order valence-electron chi connectivity index (χ3n) is 7.66. The van der Waals surface area contributed by atoms with Gasteiger partial charge in [0.15, 0.2) is 0 Å². The summed E-state index contributed by atoms with van der Waals surface area (Å²) in [5, 5.41) is 14.3. The Morgan fingerprint density at radius 3 is 2.45 bits per heavy atom. The SMILES string of the molecule is CCCCN(CC1CCCCC1)C(=O)Cc1ccc(C(=O)N[C@@H](CCSC)C(=O)[O-])c(-c2ccccc2C)c1.[Li+]. The van der Waals surface area contributed by atoms with Crippen molar-refractivity contribution < 1.29 is 38.4 Å². The topological polar surface area (TPSA) is 89.5 Å². The molecule has 1 aliphatic rings. The van der Waals surface area contributed by atoms with Crippen molar-refractivity contribution in [2.24, 2.45) is 5.92 Å². The van der Waals surface area contributed by atoms with Gasteiger partial charge in [-0.1, -0.05) is 62.9 Å². The molecule has 2 aromatic rings. The van der Waals surface area contributed by atoms with Crippen LogP contribution in [-0.2, 0) is 16.0 Å². The van der Waals surface area contributed by atoms with E-state index in [1.165, 1.54) is 43.9 Å². The number of carbonyl (C=O) groups is 3. The zero-order valence-electron chi connectivity index (χ0n) is 24.7. The molecule has 1 aliphatic carbocycles. The predicted molar refractivity (Wildman–Crippen MR) is 158 cm³/mol. The van der Waals surface area contributed by atoms with Crippen LogP contribution in [0, 0.1) is 12.8 Å². The number of hydrogen-bond donors (Lipinski definition) is 1. The second kappa shape index (κ2) is 17.6. The van der Waals surface area contributed by atoms with E-state index < -0.39 is 17.9 Å². The van der Waals surface area contributed by atoms with E-state index in [9.17, 15) is 19.5 Å². The van der Waals surface area contributed by atoms with Gasteiger partial charge in [0.25, 0.3) is 5.91 Å². The van der Waals surface area contributed by atoms with Crippen molar-refractivity contribution in [3.05, 3.63) is 59.2 Å². The number of thioether (sulfide) groups is 1. The monoisotopic (exact) mass is 558 g/mol. The number of carbonyl (C=O) groups excluding carboxylic acids is 3. The van der Waals surface area contributed by atoms with Crippen LogP contribution in [0.5, 0.6) is 0 Å². The van der Waals surface area contributed by atoms with E-state index in [1.54, 1.807) is 6.07 Å². The number of nitrogens with zero attached hydrogens (tertiary/aromatic N) is 1. The minimum Gasteiger partial charge on any atom is -0.548 e. The van der Waals surface area contributed by atoms with Gasteiger partial charge in [-0.05, 0) is 84.9 Å². The fraction of sp³-hybridized carbons (Fsp3) is 0.531. The first-order chi connectivity index (χ1) is 18.8. The number of benzene rings is 2. The average Bonchev–Trinajstić information content (AvgIpc) is 2.93. The van der Waals surface area contributed by atoms with Crippen LogP contribution in [-0.4, -0.2) is 53.8 Å². The molecule has 0 unspecified atom stereocenters. The Morgan fingerprint density at radius 2 is 1.80 bits per heavy atom. The largest absolute Gasteiger partial charge is 1.00 e. The molecule has 0 radical (unpaired) electrons. The Hall–Kier alpha value is -2.20. The summed E-state index contributed by atoms with van der Waals surface area (Å²) in [6.07, 6.45) is 10.7. The third kappa shape index (κ3) is 10.0. The van der Waals surface area contributed by atoms with Crippen molar-refractivity contribution in [1.82, 2.24) is 10.2 Å². The molecule has 8 heteroatoms. The zero-order chi connectivity index (χ0) is 28.2. The molecular formula is C32H43LiN2O4S. The van der Waals surface area contributed by atoms with Crippen LogP contribution in [0.15, 0.2) is 42.5 Å². The summed E-state index contributed by atoms with van der Waals surface area (Å²) in [4.78, 5) is 40.6. The van der Waals surface area contributed by atoms with E-state index in [0.717, 1.165) is 42.6 Å². The Labute approximate surface area is 256 Å². The fourth-order valence-corrected chi connectivity index (χ4v) is 5.82. The smallest absolute Gasteiger partial charge is 0.548 e. The molecule has 0 heterocycles. The van der Waals surface area contributed by atoms with Crippen molar-refractivity contribution in [1.29, 1.82) is 0 Å². The number of nitrogens with one attached hydrogen (secondary N) is 1. The molecule has 212 valence electrons. The summed E-state index contributed by atoms with van der Waals surface area (Å²) in [6, 6.07) is 12.2. The minimum absolute atomic E-state index is 0. The molecule has 2 amide bonds. The van der Waals surface area contributed by atoms with Crippen LogP contribution < -0.4 is 29.3 Å². The van der Waals surface area contributed by atoms with E-state index >= 15 is 0 Å². The predicted octanol–water partition coefficient (Wildman–Crippen LogP) is 2.02. The molecule has 6 nitrogen and oxygen atoms in total. The van der Waals surface area contributed by atoms with Crippen molar-refractivity contribution in [2.45, 2.75) is 77.7 Å².